The number of benzene rings is 1. The zero-order valence-corrected chi connectivity index (χ0v) is 13.7. The average molecular weight is 302 g/mol. The van der Waals surface area contributed by atoms with Crippen LogP contribution in [-0.4, -0.2) is 37.3 Å². The van der Waals surface area contributed by atoms with E-state index in [4.69, 9.17) is 14.0 Å². The van der Waals surface area contributed by atoms with Gasteiger partial charge in [-0.3, -0.25) is 4.79 Å². The van der Waals surface area contributed by atoms with Gasteiger partial charge >= 0.3 is 7.12 Å². The van der Waals surface area contributed by atoms with Crippen molar-refractivity contribution in [1.29, 1.82) is 0 Å². The van der Waals surface area contributed by atoms with E-state index in [1.807, 2.05) is 52.0 Å². The second kappa shape index (κ2) is 5.48. The predicted molar refractivity (Wildman–Crippen MR) is 85.3 cm³/mol. The molecule has 2 saturated heterocycles. The van der Waals surface area contributed by atoms with E-state index < -0.39 is 7.12 Å². The summed E-state index contributed by atoms with van der Waals surface area (Å²) in [6.45, 7) is 9.15. The maximum absolute atomic E-state index is 12.1. The van der Waals surface area contributed by atoms with Gasteiger partial charge in [0.25, 0.3) is 0 Å². The van der Waals surface area contributed by atoms with Crippen LogP contribution in [0, 0.1) is 0 Å². The van der Waals surface area contributed by atoms with Crippen molar-refractivity contribution < 1.29 is 18.8 Å². The lowest BCUT2D eigenvalue weighted by Crippen LogP contribution is -2.41. The molecule has 1 unspecified atom stereocenters. The topological polar surface area (TPSA) is 44.8 Å². The van der Waals surface area contributed by atoms with E-state index >= 15 is 0 Å². The fourth-order valence-electron chi connectivity index (χ4n) is 2.82. The van der Waals surface area contributed by atoms with Gasteiger partial charge in [-0.2, -0.15) is 0 Å². The predicted octanol–water partition coefficient (Wildman–Crippen LogP) is 2.06. The number of carbonyl (C=O) groups excluding carboxylic acids is 1. The van der Waals surface area contributed by atoms with Crippen molar-refractivity contribution in [2.24, 2.45) is 0 Å². The summed E-state index contributed by atoms with van der Waals surface area (Å²) in [7, 11) is -0.399. The fourth-order valence-corrected chi connectivity index (χ4v) is 2.82. The molecule has 2 fully saturated rings. The molecule has 0 radical (unpaired) electrons. The van der Waals surface area contributed by atoms with Crippen molar-refractivity contribution in [2.75, 3.05) is 13.2 Å². The van der Waals surface area contributed by atoms with E-state index in [0.717, 1.165) is 11.0 Å². The molecular weight excluding hydrogens is 279 g/mol. The van der Waals surface area contributed by atoms with Gasteiger partial charge in [-0.25, -0.2) is 0 Å². The third-order valence-corrected chi connectivity index (χ3v) is 5.00. The first kappa shape index (κ1) is 15.7. The van der Waals surface area contributed by atoms with Crippen molar-refractivity contribution in [3.05, 3.63) is 29.8 Å². The van der Waals surface area contributed by atoms with Crippen LogP contribution in [0.2, 0.25) is 0 Å². The monoisotopic (exact) mass is 302 g/mol. The zero-order chi connectivity index (χ0) is 16.0. The summed E-state index contributed by atoms with van der Waals surface area (Å²) >= 11 is 0. The molecule has 0 spiro atoms. The summed E-state index contributed by atoms with van der Waals surface area (Å²) in [6.07, 6.45) is 0.491. The van der Waals surface area contributed by atoms with Crippen LogP contribution < -0.4 is 5.46 Å². The van der Waals surface area contributed by atoms with Crippen LogP contribution in [0.1, 0.15) is 45.6 Å². The lowest BCUT2D eigenvalue weighted by molar-refractivity contribution is -0.126. The van der Waals surface area contributed by atoms with Gasteiger partial charge in [-0.15, -0.1) is 0 Å². The number of carbonyl (C=O) groups is 1. The summed E-state index contributed by atoms with van der Waals surface area (Å²) in [6, 6.07) is 7.93. The molecule has 1 aromatic rings. The van der Waals surface area contributed by atoms with Crippen LogP contribution in [0.15, 0.2) is 24.3 Å². The third kappa shape index (κ3) is 2.73. The largest absolute Gasteiger partial charge is 0.494 e. The molecule has 5 heteroatoms. The van der Waals surface area contributed by atoms with Gasteiger partial charge in [0.05, 0.1) is 30.3 Å². The molecule has 3 rings (SSSR count). The summed E-state index contributed by atoms with van der Waals surface area (Å²) in [5.74, 6) is 0.0773. The van der Waals surface area contributed by atoms with Gasteiger partial charge in [0.2, 0.25) is 0 Å². The number of ether oxygens (including phenoxy) is 1. The zero-order valence-electron chi connectivity index (χ0n) is 13.7. The summed E-state index contributed by atoms with van der Waals surface area (Å²) in [5, 5.41) is 0. The fraction of sp³-hybridized carbons (Fsp3) is 0.588. The van der Waals surface area contributed by atoms with E-state index in [-0.39, 0.29) is 22.9 Å². The van der Waals surface area contributed by atoms with Crippen molar-refractivity contribution in [2.45, 2.75) is 51.2 Å². The minimum atomic E-state index is -0.399. The third-order valence-electron chi connectivity index (χ3n) is 5.00. The molecule has 0 amide bonds. The van der Waals surface area contributed by atoms with Crippen LogP contribution in [0.4, 0.5) is 0 Å². The van der Waals surface area contributed by atoms with Gasteiger partial charge < -0.3 is 14.0 Å². The van der Waals surface area contributed by atoms with Crippen molar-refractivity contribution in [1.82, 2.24) is 0 Å². The lowest BCUT2D eigenvalue weighted by Gasteiger charge is -2.32. The second-order valence-corrected chi connectivity index (χ2v) is 7.10. The Morgan fingerprint density at radius 3 is 2.45 bits per heavy atom. The normalized spacial score (nSPS) is 27.2. The maximum atomic E-state index is 12.1. The van der Waals surface area contributed by atoms with E-state index in [0.29, 0.717) is 19.6 Å². The molecule has 1 aromatic carbocycles. The quantitative estimate of drug-likeness (QED) is 0.785. The van der Waals surface area contributed by atoms with Gasteiger partial charge in [0.15, 0.2) is 0 Å². The molecule has 118 valence electrons. The molecular formula is C17H23BO4. The Morgan fingerprint density at radius 1 is 1.14 bits per heavy atom. The number of hydrogen-bond donors (Lipinski definition) is 0. The first-order chi connectivity index (χ1) is 10.3. The standard InChI is InChI=1S/C17H23BO4/c1-16(2)17(3,4)22-18(21-16)13-7-5-6-12(10-13)14-11-20-9-8-15(14)19/h5-7,10,14H,8-9,11H2,1-4H3. The highest BCUT2D eigenvalue weighted by atomic mass is 16.7. The summed E-state index contributed by atoms with van der Waals surface area (Å²) in [5.41, 5.74) is 1.21. The van der Waals surface area contributed by atoms with Crippen LogP contribution >= 0.6 is 0 Å². The molecule has 22 heavy (non-hydrogen) atoms. The van der Waals surface area contributed by atoms with Gasteiger partial charge in [-0.1, -0.05) is 24.3 Å². The Morgan fingerprint density at radius 2 is 1.82 bits per heavy atom. The summed E-state index contributed by atoms with van der Waals surface area (Å²) in [4.78, 5) is 12.1. The van der Waals surface area contributed by atoms with E-state index in [9.17, 15) is 4.79 Å². The van der Waals surface area contributed by atoms with E-state index in [1.54, 1.807) is 0 Å². The van der Waals surface area contributed by atoms with Gasteiger partial charge in [0, 0.05) is 6.42 Å². The van der Waals surface area contributed by atoms with Crippen LogP contribution in [0.25, 0.3) is 0 Å². The van der Waals surface area contributed by atoms with Crippen LogP contribution in [0.3, 0.4) is 0 Å². The van der Waals surface area contributed by atoms with E-state index in [1.165, 1.54) is 0 Å². The molecule has 0 saturated carbocycles. The molecule has 0 bridgehead atoms. The Bertz CT molecular complexity index is 566. The Balaban J connectivity index is 1.85. The van der Waals surface area contributed by atoms with Crippen molar-refractivity contribution in [3.8, 4) is 0 Å². The van der Waals surface area contributed by atoms with E-state index in [2.05, 4.69) is 0 Å². The van der Waals surface area contributed by atoms with Crippen molar-refractivity contribution >= 4 is 18.4 Å². The minimum Gasteiger partial charge on any atom is -0.399 e. The Kier molecular flexibility index (Phi) is 3.92. The van der Waals surface area contributed by atoms with Crippen LogP contribution in [-0.2, 0) is 18.8 Å². The highest BCUT2D eigenvalue weighted by Crippen LogP contribution is 2.36. The maximum Gasteiger partial charge on any atom is 0.494 e. The number of hydrogen-bond acceptors (Lipinski definition) is 4. The average Bonchev–Trinajstić information content (AvgIpc) is 2.68. The van der Waals surface area contributed by atoms with Crippen molar-refractivity contribution in [3.63, 3.8) is 0 Å². The molecule has 0 aromatic heterocycles. The molecule has 1 atom stereocenters. The Labute approximate surface area is 132 Å². The van der Waals surface area contributed by atoms with Crippen LogP contribution in [0.5, 0.6) is 0 Å². The second-order valence-electron chi connectivity index (χ2n) is 7.10. The molecule has 2 aliphatic heterocycles. The lowest BCUT2D eigenvalue weighted by atomic mass is 9.77. The highest BCUT2D eigenvalue weighted by molar-refractivity contribution is 6.62. The molecule has 2 aliphatic rings. The Hall–Kier alpha value is -1.17. The minimum absolute atomic E-state index is 0.170. The molecule has 2 heterocycles. The smallest absolute Gasteiger partial charge is 0.399 e. The molecule has 0 N–H and O–H groups in total. The number of Topliss-reactive ketones (excluding diaryl/α,β-unsaturated/α-hetero) is 1. The SMILES string of the molecule is CC1(C)OB(c2cccc(C3COCCC3=O)c2)OC1(C)C. The molecule has 0 aliphatic carbocycles. The summed E-state index contributed by atoms with van der Waals surface area (Å²) < 4.78 is 17.6. The molecule has 4 nitrogen and oxygen atoms in total. The first-order valence-corrected chi connectivity index (χ1v) is 7.86. The number of rotatable bonds is 2. The first-order valence-electron chi connectivity index (χ1n) is 7.86. The highest BCUT2D eigenvalue weighted by Gasteiger charge is 2.51. The van der Waals surface area contributed by atoms with Gasteiger partial charge in [-0.05, 0) is 38.7 Å². The van der Waals surface area contributed by atoms with Gasteiger partial charge in [0.1, 0.15) is 5.78 Å². The number of ketones is 1.